The molecule has 0 radical (unpaired) electrons. The number of fused-ring (bicyclic) bond motifs is 3. The molecule has 3 aliphatic carbocycles. The van der Waals surface area contributed by atoms with Gasteiger partial charge in [-0.2, -0.15) is 0 Å². The van der Waals surface area contributed by atoms with Crippen LogP contribution in [0.5, 0.6) is 0 Å². The molecule has 0 aromatic rings. The van der Waals surface area contributed by atoms with Crippen LogP contribution in [0.4, 0.5) is 0 Å². The SMILES string of the molecule is CC1(C)[C@@H](O)CC[C@]2(C)[C@H]3CC[C@@](C)([C@@H](O)CO)C=C3CC[C@@H]12. The lowest BCUT2D eigenvalue weighted by atomic mass is 9.45. The maximum absolute atomic E-state index is 10.5. The van der Waals surface area contributed by atoms with E-state index < -0.39 is 6.10 Å². The summed E-state index contributed by atoms with van der Waals surface area (Å²) in [6.07, 6.45) is 7.70. The van der Waals surface area contributed by atoms with Gasteiger partial charge < -0.3 is 15.3 Å². The Morgan fingerprint density at radius 3 is 2.48 bits per heavy atom. The van der Waals surface area contributed by atoms with Crippen molar-refractivity contribution in [2.24, 2.45) is 28.1 Å². The summed E-state index contributed by atoms with van der Waals surface area (Å²) in [6, 6.07) is 0. The van der Waals surface area contributed by atoms with E-state index in [0.717, 1.165) is 38.5 Å². The minimum atomic E-state index is -0.661. The fourth-order valence-electron chi connectivity index (χ4n) is 6.21. The number of aliphatic hydroxyl groups is 3. The summed E-state index contributed by atoms with van der Waals surface area (Å²) in [7, 11) is 0. The van der Waals surface area contributed by atoms with E-state index in [1.54, 1.807) is 0 Å². The lowest BCUT2D eigenvalue weighted by molar-refractivity contribution is -0.129. The molecule has 132 valence electrons. The second-order valence-corrected chi connectivity index (χ2v) is 9.49. The largest absolute Gasteiger partial charge is 0.394 e. The minimum Gasteiger partial charge on any atom is -0.394 e. The van der Waals surface area contributed by atoms with Crippen molar-refractivity contribution in [2.75, 3.05) is 6.61 Å². The molecule has 0 aliphatic heterocycles. The first-order valence-corrected chi connectivity index (χ1v) is 9.34. The highest BCUT2D eigenvalue weighted by atomic mass is 16.3. The van der Waals surface area contributed by atoms with E-state index in [-0.39, 0.29) is 29.0 Å². The van der Waals surface area contributed by atoms with Crippen molar-refractivity contribution in [1.82, 2.24) is 0 Å². The maximum Gasteiger partial charge on any atom is 0.0858 e. The van der Waals surface area contributed by atoms with E-state index in [9.17, 15) is 15.3 Å². The molecular weight excluding hydrogens is 288 g/mol. The van der Waals surface area contributed by atoms with Crippen molar-refractivity contribution in [3.63, 3.8) is 0 Å². The molecular formula is C20H34O3. The summed E-state index contributed by atoms with van der Waals surface area (Å²) in [5.74, 6) is 1.14. The first-order valence-electron chi connectivity index (χ1n) is 9.34. The van der Waals surface area contributed by atoms with E-state index in [1.165, 1.54) is 5.57 Å². The smallest absolute Gasteiger partial charge is 0.0858 e. The van der Waals surface area contributed by atoms with Crippen molar-refractivity contribution in [2.45, 2.75) is 78.4 Å². The molecule has 3 N–H and O–H groups in total. The first kappa shape index (κ1) is 17.4. The molecule has 2 saturated carbocycles. The number of allylic oxidation sites excluding steroid dienone is 1. The predicted octanol–water partition coefficient (Wildman–Crippen LogP) is 3.28. The second kappa shape index (κ2) is 5.57. The normalized spacial score (nSPS) is 47.3. The predicted molar refractivity (Wildman–Crippen MR) is 91.9 cm³/mol. The lowest BCUT2D eigenvalue weighted by Crippen LogP contribution is -2.55. The molecule has 3 nitrogen and oxygen atoms in total. The molecule has 6 atom stereocenters. The molecule has 3 heteroatoms. The van der Waals surface area contributed by atoms with Gasteiger partial charge in [0.05, 0.1) is 18.8 Å². The van der Waals surface area contributed by atoms with Gasteiger partial charge in [-0.1, -0.05) is 39.3 Å². The Hall–Kier alpha value is -0.380. The topological polar surface area (TPSA) is 60.7 Å². The van der Waals surface area contributed by atoms with Gasteiger partial charge in [0.25, 0.3) is 0 Å². The van der Waals surface area contributed by atoms with Crippen molar-refractivity contribution in [1.29, 1.82) is 0 Å². The Labute approximate surface area is 140 Å². The average Bonchev–Trinajstić information content (AvgIpc) is 2.50. The highest BCUT2D eigenvalue weighted by Crippen LogP contribution is 2.63. The Bertz CT molecular complexity index is 497. The molecule has 0 saturated heterocycles. The summed E-state index contributed by atoms with van der Waals surface area (Å²) in [4.78, 5) is 0. The van der Waals surface area contributed by atoms with Crippen LogP contribution in [0.25, 0.3) is 0 Å². The van der Waals surface area contributed by atoms with Gasteiger partial charge in [-0.25, -0.2) is 0 Å². The van der Waals surface area contributed by atoms with Gasteiger partial charge in [-0.05, 0) is 61.2 Å². The van der Waals surface area contributed by atoms with Gasteiger partial charge in [0.1, 0.15) is 0 Å². The zero-order chi connectivity index (χ0) is 17.0. The molecule has 0 bridgehead atoms. The molecule has 0 amide bonds. The van der Waals surface area contributed by atoms with E-state index in [0.29, 0.717) is 11.8 Å². The van der Waals surface area contributed by atoms with E-state index >= 15 is 0 Å². The van der Waals surface area contributed by atoms with Gasteiger partial charge in [-0.15, -0.1) is 0 Å². The number of hydrogen-bond donors (Lipinski definition) is 3. The minimum absolute atomic E-state index is 0.0100. The third-order valence-corrected chi connectivity index (χ3v) is 7.90. The van der Waals surface area contributed by atoms with Crippen LogP contribution in [0, 0.1) is 28.1 Å². The van der Waals surface area contributed by atoms with Crippen LogP contribution in [-0.4, -0.2) is 34.1 Å². The summed E-state index contributed by atoms with van der Waals surface area (Å²) >= 11 is 0. The van der Waals surface area contributed by atoms with Crippen molar-refractivity contribution < 1.29 is 15.3 Å². The van der Waals surface area contributed by atoms with E-state index in [1.807, 2.05) is 0 Å². The Morgan fingerprint density at radius 1 is 1.13 bits per heavy atom. The van der Waals surface area contributed by atoms with Crippen LogP contribution in [0.15, 0.2) is 11.6 Å². The third-order valence-electron chi connectivity index (χ3n) is 7.90. The van der Waals surface area contributed by atoms with Crippen LogP contribution in [0.2, 0.25) is 0 Å². The molecule has 2 fully saturated rings. The molecule has 0 heterocycles. The summed E-state index contributed by atoms with van der Waals surface area (Å²) < 4.78 is 0. The maximum atomic E-state index is 10.5. The second-order valence-electron chi connectivity index (χ2n) is 9.49. The van der Waals surface area contributed by atoms with Crippen LogP contribution in [0.3, 0.4) is 0 Å². The van der Waals surface area contributed by atoms with Crippen molar-refractivity contribution in [3.8, 4) is 0 Å². The average molecular weight is 322 g/mol. The third kappa shape index (κ3) is 2.51. The Balaban J connectivity index is 1.93. The highest BCUT2D eigenvalue weighted by molar-refractivity contribution is 5.25. The molecule has 0 aromatic carbocycles. The molecule has 23 heavy (non-hydrogen) atoms. The van der Waals surface area contributed by atoms with Crippen LogP contribution >= 0.6 is 0 Å². The summed E-state index contributed by atoms with van der Waals surface area (Å²) in [5.41, 5.74) is 1.47. The van der Waals surface area contributed by atoms with Crippen LogP contribution < -0.4 is 0 Å². The van der Waals surface area contributed by atoms with Crippen molar-refractivity contribution >= 4 is 0 Å². The van der Waals surface area contributed by atoms with Gasteiger partial charge in [-0.3, -0.25) is 0 Å². The molecule has 0 spiro atoms. The monoisotopic (exact) mass is 322 g/mol. The number of rotatable bonds is 2. The van der Waals surface area contributed by atoms with Crippen molar-refractivity contribution in [3.05, 3.63) is 11.6 Å². The zero-order valence-electron chi connectivity index (χ0n) is 15.2. The van der Waals surface area contributed by atoms with Crippen LogP contribution in [0.1, 0.15) is 66.2 Å². The van der Waals surface area contributed by atoms with Gasteiger partial charge >= 0.3 is 0 Å². The van der Waals surface area contributed by atoms with Gasteiger partial charge in [0, 0.05) is 5.41 Å². The fraction of sp³-hybridized carbons (Fsp3) is 0.900. The molecule has 3 aliphatic rings. The summed E-state index contributed by atoms with van der Waals surface area (Å²) in [6.45, 7) is 8.85. The number of aliphatic hydroxyl groups excluding tert-OH is 3. The Kier molecular flexibility index (Phi) is 4.23. The fourth-order valence-corrected chi connectivity index (χ4v) is 6.21. The van der Waals surface area contributed by atoms with E-state index in [4.69, 9.17) is 0 Å². The Morgan fingerprint density at radius 2 is 1.83 bits per heavy atom. The standard InChI is InChI=1S/C20H34O3/c1-18(2)15-6-5-13-11-19(3,17(23)12-21)9-7-14(13)20(15,4)10-8-16(18)22/h11,14-17,21-23H,5-10,12H2,1-4H3/t14-,15-,16-,17-,19+,20+/m0/s1. The lowest BCUT2D eigenvalue weighted by Gasteiger charge is -2.61. The summed E-state index contributed by atoms with van der Waals surface area (Å²) in [5, 5.41) is 30.1. The number of hydrogen-bond acceptors (Lipinski definition) is 3. The molecule has 0 aromatic heterocycles. The van der Waals surface area contributed by atoms with Crippen LogP contribution in [-0.2, 0) is 0 Å². The molecule has 0 unspecified atom stereocenters. The highest BCUT2D eigenvalue weighted by Gasteiger charge is 2.57. The molecule has 3 rings (SSSR count). The first-order chi connectivity index (χ1) is 10.6. The van der Waals surface area contributed by atoms with Gasteiger partial charge in [0.2, 0.25) is 0 Å². The zero-order valence-corrected chi connectivity index (χ0v) is 15.2. The quantitative estimate of drug-likeness (QED) is 0.684. The van der Waals surface area contributed by atoms with E-state index in [2.05, 4.69) is 33.8 Å². The van der Waals surface area contributed by atoms with Gasteiger partial charge in [0.15, 0.2) is 0 Å².